The van der Waals surface area contributed by atoms with Gasteiger partial charge in [0.15, 0.2) is 6.29 Å². The lowest BCUT2D eigenvalue weighted by Crippen LogP contribution is -2.38. The summed E-state index contributed by atoms with van der Waals surface area (Å²) in [5, 5.41) is 9.40. The van der Waals surface area contributed by atoms with Crippen LogP contribution in [-0.4, -0.2) is 57.6 Å². The molecule has 0 spiro atoms. The lowest BCUT2D eigenvalue weighted by Gasteiger charge is -2.22. The zero-order valence-corrected chi connectivity index (χ0v) is 12.5. The second-order valence-electron chi connectivity index (χ2n) is 4.79. The molecule has 1 N–H and O–H groups in total. The maximum atomic E-state index is 9.40. The first kappa shape index (κ1) is 16.2. The first-order valence-electron chi connectivity index (χ1n) is 6.80. The van der Waals surface area contributed by atoms with Gasteiger partial charge in [0.25, 0.3) is 0 Å². The fourth-order valence-electron chi connectivity index (χ4n) is 2.39. The first-order chi connectivity index (χ1) is 10.2. The van der Waals surface area contributed by atoms with Crippen molar-refractivity contribution >= 4 is 0 Å². The lowest BCUT2D eigenvalue weighted by molar-refractivity contribution is -0.159. The summed E-state index contributed by atoms with van der Waals surface area (Å²) in [7, 11) is 4.74. The predicted molar refractivity (Wildman–Crippen MR) is 75.1 cm³/mol. The highest BCUT2D eigenvalue weighted by molar-refractivity contribution is 5.26. The zero-order chi connectivity index (χ0) is 15.2. The molecular weight excluding hydrogens is 276 g/mol. The van der Waals surface area contributed by atoms with Gasteiger partial charge in [-0.2, -0.15) is 0 Å². The van der Waals surface area contributed by atoms with Gasteiger partial charge in [-0.05, 0) is 17.7 Å². The van der Waals surface area contributed by atoms with Crippen molar-refractivity contribution in [3.63, 3.8) is 0 Å². The molecule has 1 aliphatic rings. The van der Waals surface area contributed by atoms with E-state index in [1.54, 1.807) is 14.2 Å². The Balaban J connectivity index is 1.98. The van der Waals surface area contributed by atoms with Crippen LogP contribution in [0.1, 0.15) is 5.56 Å². The number of aliphatic hydroxyl groups excluding tert-OH is 1. The first-order valence-corrected chi connectivity index (χ1v) is 6.80. The van der Waals surface area contributed by atoms with Crippen LogP contribution in [0.2, 0.25) is 0 Å². The molecule has 118 valence electrons. The minimum Gasteiger partial charge on any atom is -0.497 e. The van der Waals surface area contributed by atoms with E-state index in [-0.39, 0.29) is 18.8 Å². The molecular formula is C15H22O6. The van der Waals surface area contributed by atoms with Crippen LogP contribution < -0.4 is 4.74 Å². The van der Waals surface area contributed by atoms with Crippen molar-refractivity contribution in [1.29, 1.82) is 0 Å². The largest absolute Gasteiger partial charge is 0.497 e. The summed E-state index contributed by atoms with van der Waals surface area (Å²) < 4.78 is 27.1. The number of benzene rings is 1. The van der Waals surface area contributed by atoms with Crippen LogP contribution in [0.25, 0.3) is 0 Å². The van der Waals surface area contributed by atoms with E-state index < -0.39 is 12.4 Å². The number of aliphatic hydroxyl groups is 1. The monoisotopic (exact) mass is 298 g/mol. The standard InChI is InChI=1S/C15H22O6/c1-17-11-6-4-10(5-7-11)9-20-13-12(8-16)21-15(19-3)14(13)18-2/h4-7,12-16H,8-9H2,1-3H3/t12-,13+,14-,15+/m1/s1. The average molecular weight is 298 g/mol. The minimum atomic E-state index is -0.534. The van der Waals surface area contributed by atoms with Crippen molar-refractivity contribution in [3.05, 3.63) is 29.8 Å². The molecule has 1 heterocycles. The zero-order valence-electron chi connectivity index (χ0n) is 12.5. The van der Waals surface area contributed by atoms with Crippen molar-refractivity contribution in [2.45, 2.75) is 31.2 Å². The molecule has 21 heavy (non-hydrogen) atoms. The molecule has 4 atom stereocenters. The lowest BCUT2D eigenvalue weighted by atomic mass is 10.1. The predicted octanol–water partition coefficient (Wildman–Crippen LogP) is 0.959. The molecule has 1 aromatic carbocycles. The Morgan fingerprint density at radius 3 is 2.29 bits per heavy atom. The second kappa shape index (κ2) is 7.72. The van der Waals surface area contributed by atoms with Gasteiger partial charge in [-0.1, -0.05) is 12.1 Å². The molecule has 0 aromatic heterocycles. The highest BCUT2D eigenvalue weighted by atomic mass is 16.7. The number of hydrogen-bond donors (Lipinski definition) is 1. The normalized spacial score (nSPS) is 28.8. The smallest absolute Gasteiger partial charge is 0.186 e. The maximum Gasteiger partial charge on any atom is 0.186 e. The van der Waals surface area contributed by atoms with Crippen molar-refractivity contribution in [3.8, 4) is 5.75 Å². The van der Waals surface area contributed by atoms with Crippen molar-refractivity contribution < 1.29 is 28.8 Å². The third-order valence-electron chi connectivity index (χ3n) is 3.55. The number of hydrogen-bond acceptors (Lipinski definition) is 6. The topological polar surface area (TPSA) is 66.4 Å². The van der Waals surface area contributed by atoms with Gasteiger partial charge in [-0.15, -0.1) is 0 Å². The summed E-state index contributed by atoms with van der Waals surface area (Å²) in [6, 6.07) is 7.61. The van der Waals surface area contributed by atoms with Crippen molar-refractivity contribution in [2.75, 3.05) is 27.9 Å². The van der Waals surface area contributed by atoms with E-state index in [2.05, 4.69) is 0 Å². The van der Waals surface area contributed by atoms with E-state index in [0.29, 0.717) is 6.61 Å². The van der Waals surface area contributed by atoms with Crippen molar-refractivity contribution in [2.24, 2.45) is 0 Å². The Labute approximate surface area is 124 Å². The Morgan fingerprint density at radius 1 is 1.05 bits per heavy atom. The van der Waals surface area contributed by atoms with Crippen molar-refractivity contribution in [1.82, 2.24) is 0 Å². The summed E-state index contributed by atoms with van der Waals surface area (Å²) >= 11 is 0. The Hall–Kier alpha value is -1.18. The van der Waals surface area contributed by atoms with Crippen LogP contribution in [0.15, 0.2) is 24.3 Å². The summed E-state index contributed by atoms with van der Waals surface area (Å²) in [6.07, 6.45) is -1.75. The molecule has 0 unspecified atom stereocenters. The van der Waals surface area contributed by atoms with Crippen LogP contribution in [0.4, 0.5) is 0 Å². The van der Waals surface area contributed by atoms with Gasteiger partial charge in [-0.25, -0.2) is 0 Å². The highest BCUT2D eigenvalue weighted by Gasteiger charge is 2.45. The van der Waals surface area contributed by atoms with E-state index in [0.717, 1.165) is 11.3 Å². The molecule has 2 rings (SSSR count). The summed E-state index contributed by atoms with van der Waals surface area (Å²) in [5.74, 6) is 0.797. The molecule has 0 saturated carbocycles. The van der Waals surface area contributed by atoms with Crippen LogP contribution in [0.3, 0.4) is 0 Å². The van der Waals surface area contributed by atoms with Crippen LogP contribution in [0.5, 0.6) is 5.75 Å². The third-order valence-corrected chi connectivity index (χ3v) is 3.55. The van der Waals surface area contributed by atoms with Gasteiger partial charge < -0.3 is 28.8 Å². The molecule has 1 aliphatic heterocycles. The molecule has 6 nitrogen and oxygen atoms in total. The third kappa shape index (κ3) is 3.72. The summed E-state index contributed by atoms with van der Waals surface area (Å²) in [5.41, 5.74) is 1.00. The van der Waals surface area contributed by atoms with Gasteiger partial charge in [0.2, 0.25) is 0 Å². The van der Waals surface area contributed by atoms with Gasteiger partial charge >= 0.3 is 0 Å². The number of rotatable bonds is 7. The molecule has 1 fully saturated rings. The van der Waals surface area contributed by atoms with Crippen LogP contribution >= 0.6 is 0 Å². The van der Waals surface area contributed by atoms with Crippen LogP contribution in [0, 0.1) is 0 Å². The molecule has 0 amide bonds. The fourth-order valence-corrected chi connectivity index (χ4v) is 2.39. The minimum absolute atomic E-state index is 0.146. The Morgan fingerprint density at radius 2 is 1.76 bits per heavy atom. The average Bonchev–Trinajstić information content (AvgIpc) is 2.90. The summed E-state index contributed by atoms with van der Waals surface area (Å²) in [6.45, 7) is 0.248. The maximum absolute atomic E-state index is 9.40. The molecule has 0 radical (unpaired) electrons. The summed E-state index contributed by atoms with van der Waals surface area (Å²) in [4.78, 5) is 0. The van der Waals surface area contributed by atoms with E-state index in [1.165, 1.54) is 7.11 Å². The molecule has 0 aliphatic carbocycles. The van der Waals surface area contributed by atoms with Crippen LogP contribution in [-0.2, 0) is 25.6 Å². The fraction of sp³-hybridized carbons (Fsp3) is 0.600. The Bertz CT molecular complexity index is 421. The van der Waals surface area contributed by atoms with E-state index in [4.69, 9.17) is 23.7 Å². The van der Waals surface area contributed by atoms with Gasteiger partial charge in [0.05, 0.1) is 20.3 Å². The van der Waals surface area contributed by atoms with Gasteiger partial charge in [-0.3, -0.25) is 0 Å². The van der Waals surface area contributed by atoms with E-state index in [9.17, 15) is 5.11 Å². The highest BCUT2D eigenvalue weighted by Crippen LogP contribution is 2.27. The molecule has 0 bridgehead atoms. The quantitative estimate of drug-likeness (QED) is 0.809. The number of methoxy groups -OCH3 is 3. The molecule has 1 saturated heterocycles. The molecule has 1 aromatic rings. The SMILES string of the molecule is COc1ccc(CO[C@@H]2[C@@H](OC)[C@@H](OC)O[C@@H]2CO)cc1. The van der Waals surface area contributed by atoms with Gasteiger partial charge in [0, 0.05) is 14.2 Å². The molecule has 6 heteroatoms. The Kier molecular flexibility index (Phi) is 5.96. The van der Waals surface area contributed by atoms with E-state index >= 15 is 0 Å². The number of ether oxygens (including phenoxy) is 5. The second-order valence-corrected chi connectivity index (χ2v) is 4.79. The van der Waals surface area contributed by atoms with Gasteiger partial charge in [0.1, 0.15) is 24.1 Å². The van der Waals surface area contributed by atoms with E-state index in [1.807, 2.05) is 24.3 Å².